The molecule has 0 bridgehead atoms. The maximum Gasteiger partial charge on any atom is 0.262 e. The molecule has 0 spiro atoms. The number of fused-ring (bicyclic) bond motifs is 1. The van der Waals surface area contributed by atoms with Crippen molar-refractivity contribution < 1.29 is 17.9 Å². The van der Waals surface area contributed by atoms with E-state index in [1.54, 1.807) is 19.1 Å². The molecule has 146 valence electrons. The number of sulfonamides is 1. The summed E-state index contributed by atoms with van der Waals surface area (Å²) in [6, 6.07) is 18.2. The van der Waals surface area contributed by atoms with Crippen LogP contribution in [0.25, 0.3) is 10.8 Å². The van der Waals surface area contributed by atoms with Crippen LogP contribution in [-0.2, 0) is 14.8 Å². The Kier molecular flexibility index (Phi) is 5.67. The number of anilines is 1. The lowest BCUT2D eigenvalue weighted by Crippen LogP contribution is -2.24. The predicted molar refractivity (Wildman–Crippen MR) is 110 cm³/mol. The first-order valence-corrected chi connectivity index (χ1v) is 10.2. The number of nitrogens with zero attached hydrogens (tertiary/aromatic N) is 1. The van der Waals surface area contributed by atoms with E-state index in [1.165, 1.54) is 20.2 Å². The minimum atomic E-state index is -3.59. The highest BCUT2D eigenvalue weighted by molar-refractivity contribution is 7.89. The molecule has 0 saturated carbocycles. The SMILES string of the molecule is Cc1ccc(NC(=O)COc2cccc3ccccc23)cc1S(=O)(=O)N(C)C. The van der Waals surface area contributed by atoms with E-state index < -0.39 is 10.0 Å². The van der Waals surface area contributed by atoms with Gasteiger partial charge in [0.25, 0.3) is 5.91 Å². The molecule has 0 saturated heterocycles. The monoisotopic (exact) mass is 398 g/mol. The van der Waals surface area contributed by atoms with Gasteiger partial charge in [-0.1, -0.05) is 42.5 Å². The topological polar surface area (TPSA) is 75.7 Å². The molecule has 0 fully saturated rings. The van der Waals surface area contributed by atoms with Crippen LogP contribution >= 0.6 is 0 Å². The molecule has 28 heavy (non-hydrogen) atoms. The van der Waals surface area contributed by atoms with E-state index in [-0.39, 0.29) is 17.4 Å². The zero-order chi connectivity index (χ0) is 20.3. The van der Waals surface area contributed by atoms with Gasteiger partial charge in [0, 0.05) is 25.2 Å². The fraction of sp³-hybridized carbons (Fsp3) is 0.190. The molecule has 0 unspecified atom stereocenters. The first-order valence-electron chi connectivity index (χ1n) is 8.72. The Morgan fingerprint density at radius 2 is 1.75 bits per heavy atom. The second kappa shape index (κ2) is 8.00. The summed E-state index contributed by atoms with van der Waals surface area (Å²) in [5.74, 6) is 0.248. The van der Waals surface area contributed by atoms with Gasteiger partial charge < -0.3 is 10.1 Å². The summed E-state index contributed by atoms with van der Waals surface area (Å²) in [4.78, 5) is 12.5. The van der Waals surface area contributed by atoms with Crippen molar-refractivity contribution in [3.8, 4) is 5.75 Å². The Morgan fingerprint density at radius 3 is 2.50 bits per heavy atom. The first-order chi connectivity index (χ1) is 13.3. The zero-order valence-electron chi connectivity index (χ0n) is 16.0. The van der Waals surface area contributed by atoms with Gasteiger partial charge >= 0.3 is 0 Å². The van der Waals surface area contributed by atoms with Gasteiger partial charge in [0.15, 0.2) is 6.61 Å². The largest absolute Gasteiger partial charge is 0.483 e. The number of carbonyl (C=O) groups excluding carboxylic acids is 1. The molecule has 6 nitrogen and oxygen atoms in total. The lowest BCUT2D eigenvalue weighted by atomic mass is 10.1. The smallest absolute Gasteiger partial charge is 0.262 e. The Bertz CT molecular complexity index is 1120. The Hall–Kier alpha value is -2.90. The van der Waals surface area contributed by atoms with Crippen LogP contribution in [0.2, 0.25) is 0 Å². The number of amides is 1. The summed E-state index contributed by atoms with van der Waals surface area (Å²) < 4.78 is 31.6. The van der Waals surface area contributed by atoms with Crippen molar-refractivity contribution in [1.29, 1.82) is 0 Å². The van der Waals surface area contributed by atoms with Crippen LogP contribution in [0.3, 0.4) is 0 Å². The van der Waals surface area contributed by atoms with Crippen LogP contribution in [0.15, 0.2) is 65.6 Å². The van der Waals surface area contributed by atoms with Crippen molar-refractivity contribution in [2.75, 3.05) is 26.0 Å². The average Bonchev–Trinajstić information content (AvgIpc) is 2.67. The fourth-order valence-electron chi connectivity index (χ4n) is 2.81. The first kappa shape index (κ1) is 19.9. The van der Waals surface area contributed by atoms with E-state index in [1.807, 2.05) is 42.5 Å². The second-order valence-corrected chi connectivity index (χ2v) is 8.70. The van der Waals surface area contributed by atoms with Crippen LogP contribution in [0, 0.1) is 6.92 Å². The van der Waals surface area contributed by atoms with Crippen molar-refractivity contribution in [1.82, 2.24) is 4.31 Å². The molecule has 3 rings (SSSR count). The molecule has 0 aromatic heterocycles. The molecule has 3 aromatic carbocycles. The number of ether oxygens (including phenoxy) is 1. The van der Waals surface area contributed by atoms with Crippen molar-refractivity contribution >= 4 is 32.4 Å². The van der Waals surface area contributed by atoms with Crippen molar-refractivity contribution in [2.24, 2.45) is 0 Å². The summed E-state index contributed by atoms with van der Waals surface area (Å²) in [7, 11) is -0.654. The predicted octanol–water partition coefficient (Wildman–Crippen LogP) is 3.42. The quantitative estimate of drug-likeness (QED) is 0.690. The molecule has 0 aliphatic rings. The third-order valence-corrected chi connectivity index (χ3v) is 6.30. The highest BCUT2D eigenvalue weighted by atomic mass is 32.2. The Balaban J connectivity index is 1.73. The van der Waals surface area contributed by atoms with Crippen LogP contribution < -0.4 is 10.1 Å². The van der Waals surface area contributed by atoms with E-state index in [2.05, 4.69) is 5.32 Å². The van der Waals surface area contributed by atoms with Gasteiger partial charge in [-0.3, -0.25) is 4.79 Å². The van der Waals surface area contributed by atoms with E-state index in [4.69, 9.17) is 4.74 Å². The molecule has 7 heteroatoms. The summed E-state index contributed by atoms with van der Waals surface area (Å²) in [6.07, 6.45) is 0. The van der Waals surface area contributed by atoms with Gasteiger partial charge in [0.1, 0.15) is 5.75 Å². The summed E-state index contributed by atoms with van der Waals surface area (Å²) in [6.45, 7) is 1.53. The minimum Gasteiger partial charge on any atom is -0.483 e. The molecule has 0 radical (unpaired) electrons. The highest BCUT2D eigenvalue weighted by Gasteiger charge is 2.20. The van der Waals surface area contributed by atoms with Gasteiger partial charge in [0.2, 0.25) is 10.0 Å². The van der Waals surface area contributed by atoms with E-state index >= 15 is 0 Å². The molecule has 0 atom stereocenters. The molecule has 3 aromatic rings. The second-order valence-electron chi connectivity index (χ2n) is 6.58. The van der Waals surface area contributed by atoms with Gasteiger partial charge in [-0.25, -0.2) is 12.7 Å². The van der Waals surface area contributed by atoms with Gasteiger partial charge in [0.05, 0.1) is 4.90 Å². The zero-order valence-corrected chi connectivity index (χ0v) is 16.8. The summed E-state index contributed by atoms with van der Waals surface area (Å²) in [5.41, 5.74) is 1.01. The van der Waals surface area contributed by atoms with Crippen LogP contribution in [0.1, 0.15) is 5.56 Å². The maximum atomic E-state index is 12.4. The number of carbonyl (C=O) groups is 1. The molecule has 0 aliphatic carbocycles. The van der Waals surface area contributed by atoms with Crippen molar-refractivity contribution in [3.63, 3.8) is 0 Å². The Morgan fingerprint density at radius 1 is 1.04 bits per heavy atom. The number of benzene rings is 3. The third-order valence-electron chi connectivity index (χ3n) is 4.34. The summed E-state index contributed by atoms with van der Waals surface area (Å²) >= 11 is 0. The van der Waals surface area contributed by atoms with Crippen molar-refractivity contribution in [2.45, 2.75) is 11.8 Å². The van der Waals surface area contributed by atoms with Crippen LogP contribution in [-0.4, -0.2) is 39.3 Å². The number of rotatable bonds is 6. The van der Waals surface area contributed by atoms with E-state index in [9.17, 15) is 13.2 Å². The lowest BCUT2D eigenvalue weighted by Gasteiger charge is -2.15. The third kappa shape index (κ3) is 4.16. The molecule has 1 amide bonds. The normalized spacial score (nSPS) is 11.6. The highest BCUT2D eigenvalue weighted by Crippen LogP contribution is 2.25. The fourth-order valence-corrected chi connectivity index (χ4v) is 3.96. The molecule has 1 N–H and O–H groups in total. The maximum absolute atomic E-state index is 12.4. The average molecular weight is 398 g/mol. The molecule has 0 heterocycles. The number of hydrogen-bond donors (Lipinski definition) is 1. The minimum absolute atomic E-state index is 0.158. The Labute approximate surface area is 164 Å². The standard InChI is InChI=1S/C21H22N2O4S/c1-15-11-12-17(13-20(15)28(25,26)23(2)3)22-21(24)14-27-19-10-6-8-16-7-4-5-9-18(16)19/h4-13H,14H2,1-3H3,(H,22,24). The number of hydrogen-bond acceptors (Lipinski definition) is 4. The molecular formula is C21H22N2O4S. The van der Waals surface area contributed by atoms with Gasteiger partial charge in [-0.2, -0.15) is 0 Å². The van der Waals surface area contributed by atoms with Gasteiger partial charge in [-0.05, 0) is 36.1 Å². The number of nitrogens with one attached hydrogen (secondary N) is 1. The molecular weight excluding hydrogens is 376 g/mol. The van der Waals surface area contributed by atoms with Crippen LogP contribution in [0.5, 0.6) is 5.75 Å². The van der Waals surface area contributed by atoms with E-state index in [0.717, 1.165) is 15.1 Å². The summed E-state index contributed by atoms with van der Waals surface area (Å²) in [5, 5.41) is 4.64. The lowest BCUT2D eigenvalue weighted by molar-refractivity contribution is -0.118. The van der Waals surface area contributed by atoms with E-state index in [0.29, 0.717) is 17.0 Å². The van der Waals surface area contributed by atoms with Crippen molar-refractivity contribution in [3.05, 3.63) is 66.2 Å². The number of aryl methyl sites for hydroxylation is 1. The van der Waals surface area contributed by atoms with Crippen LogP contribution in [0.4, 0.5) is 5.69 Å². The molecule has 0 aliphatic heterocycles. The van der Waals surface area contributed by atoms with Gasteiger partial charge in [-0.15, -0.1) is 0 Å².